The van der Waals surface area contributed by atoms with Crippen molar-refractivity contribution in [3.63, 3.8) is 0 Å². The van der Waals surface area contributed by atoms with Gasteiger partial charge in [-0.3, -0.25) is 0 Å². The van der Waals surface area contributed by atoms with E-state index in [2.05, 4.69) is 10.6 Å². The van der Waals surface area contributed by atoms with E-state index in [1.54, 1.807) is 25.1 Å². The van der Waals surface area contributed by atoms with Crippen LogP contribution in [0.1, 0.15) is 29.7 Å². The third-order valence-electron chi connectivity index (χ3n) is 3.99. The molecule has 2 aromatic rings. The summed E-state index contributed by atoms with van der Waals surface area (Å²) in [6, 6.07) is 9.03. The molecule has 0 heterocycles. The number of alkyl halides is 3. The fourth-order valence-electron chi connectivity index (χ4n) is 2.58. The highest BCUT2D eigenvalue weighted by Gasteiger charge is 2.30. The molecule has 0 aliphatic carbocycles. The van der Waals surface area contributed by atoms with Crippen LogP contribution in [0.5, 0.6) is 11.5 Å². The highest BCUT2D eigenvalue weighted by Crippen LogP contribution is 2.31. The maximum Gasteiger partial charge on any atom is 0.416 e. The predicted molar refractivity (Wildman–Crippen MR) is 94.8 cm³/mol. The first kappa shape index (κ1) is 20.4. The lowest BCUT2D eigenvalue weighted by Gasteiger charge is -2.17. The van der Waals surface area contributed by atoms with Gasteiger partial charge in [-0.05, 0) is 30.7 Å². The highest BCUT2D eigenvalue weighted by molar-refractivity contribution is 5.74. The predicted octanol–water partition coefficient (Wildman–Crippen LogP) is 4.28. The van der Waals surface area contributed by atoms with E-state index in [9.17, 15) is 18.0 Å². The lowest BCUT2D eigenvalue weighted by molar-refractivity contribution is -0.137. The summed E-state index contributed by atoms with van der Waals surface area (Å²) in [6.07, 6.45) is -4.43. The maximum absolute atomic E-state index is 12.8. The molecule has 0 bridgehead atoms. The molecule has 0 radical (unpaired) electrons. The molecular weight excluding hydrogens is 361 g/mol. The molecule has 1 unspecified atom stereocenters. The van der Waals surface area contributed by atoms with Crippen LogP contribution >= 0.6 is 0 Å². The summed E-state index contributed by atoms with van der Waals surface area (Å²) in [7, 11) is 3.01. The van der Waals surface area contributed by atoms with E-state index >= 15 is 0 Å². The molecule has 0 aromatic heterocycles. The van der Waals surface area contributed by atoms with E-state index in [4.69, 9.17) is 9.47 Å². The zero-order valence-electron chi connectivity index (χ0n) is 15.2. The van der Waals surface area contributed by atoms with Crippen molar-refractivity contribution in [3.8, 4) is 11.5 Å². The molecule has 0 saturated heterocycles. The zero-order valence-corrected chi connectivity index (χ0v) is 15.2. The van der Waals surface area contributed by atoms with E-state index < -0.39 is 23.8 Å². The summed E-state index contributed by atoms with van der Waals surface area (Å²) in [6.45, 7) is 1.78. The number of hydrogen-bond donors (Lipinski definition) is 2. The largest absolute Gasteiger partial charge is 0.493 e. The van der Waals surface area contributed by atoms with Crippen molar-refractivity contribution in [1.29, 1.82) is 0 Å². The second-order valence-corrected chi connectivity index (χ2v) is 5.82. The second-order valence-electron chi connectivity index (χ2n) is 5.82. The van der Waals surface area contributed by atoms with E-state index in [1.165, 1.54) is 26.4 Å². The van der Waals surface area contributed by atoms with Crippen LogP contribution in [-0.4, -0.2) is 20.3 Å². The molecule has 0 fully saturated rings. The number of carbonyl (C=O) groups excluding carboxylic acids is 1. The lowest BCUT2D eigenvalue weighted by atomic mass is 10.1. The Bertz CT molecular complexity index is 794. The molecule has 0 aliphatic rings. The van der Waals surface area contributed by atoms with Gasteiger partial charge in [0.05, 0.1) is 25.8 Å². The molecule has 2 rings (SSSR count). The van der Waals surface area contributed by atoms with Gasteiger partial charge in [-0.25, -0.2) is 4.79 Å². The van der Waals surface area contributed by atoms with Gasteiger partial charge in [0, 0.05) is 12.1 Å². The molecule has 0 spiro atoms. The summed E-state index contributed by atoms with van der Waals surface area (Å²) in [4.78, 5) is 12.1. The Balaban J connectivity index is 2.00. The van der Waals surface area contributed by atoms with Crippen molar-refractivity contribution < 1.29 is 27.4 Å². The molecule has 2 N–H and O–H groups in total. The average Bonchev–Trinajstić information content (AvgIpc) is 2.65. The van der Waals surface area contributed by atoms with Crippen LogP contribution in [0.2, 0.25) is 0 Å². The minimum atomic E-state index is -4.43. The van der Waals surface area contributed by atoms with Gasteiger partial charge in [0.25, 0.3) is 0 Å². The van der Waals surface area contributed by atoms with Crippen molar-refractivity contribution in [3.05, 3.63) is 59.2 Å². The van der Waals surface area contributed by atoms with Gasteiger partial charge in [-0.15, -0.1) is 0 Å². The number of para-hydroxylation sites is 1. The molecule has 2 amide bonds. The molecule has 1 atom stereocenters. The Labute approximate surface area is 155 Å². The van der Waals surface area contributed by atoms with Gasteiger partial charge in [-0.2, -0.15) is 13.2 Å². The lowest BCUT2D eigenvalue weighted by Crippen LogP contribution is -2.36. The van der Waals surface area contributed by atoms with Gasteiger partial charge in [-0.1, -0.05) is 24.3 Å². The molecule has 146 valence electrons. The fraction of sp³-hybridized carbons (Fsp3) is 0.316. The van der Waals surface area contributed by atoms with Crippen molar-refractivity contribution in [2.75, 3.05) is 14.2 Å². The van der Waals surface area contributed by atoms with Gasteiger partial charge in [0.2, 0.25) is 0 Å². The van der Waals surface area contributed by atoms with E-state index in [-0.39, 0.29) is 6.54 Å². The first-order valence-corrected chi connectivity index (χ1v) is 8.17. The number of methoxy groups -OCH3 is 2. The van der Waals surface area contributed by atoms with E-state index in [1.807, 2.05) is 0 Å². The minimum absolute atomic E-state index is 0.168. The van der Waals surface area contributed by atoms with Crippen LogP contribution in [0.4, 0.5) is 18.0 Å². The number of hydrogen-bond acceptors (Lipinski definition) is 3. The van der Waals surface area contributed by atoms with Crippen LogP contribution in [-0.2, 0) is 12.7 Å². The Kier molecular flexibility index (Phi) is 6.55. The van der Waals surface area contributed by atoms with Gasteiger partial charge in [0.1, 0.15) is 0 Å². The van der Waals surface area contributed by atoms with E-state index in [0.717, 1.165) is 12.1 Å². The summed E-state index contributed by atoms with van der Waals surface area (Å²) in [5.74, 6) is 1.04. The van der Waals surface area contributed by atoms with Gasteiger partial charge < -0.3 is 20.1 Å². The van der Waals surface area contributed by atoms with Crippen LogP contribution in [0.15, 0.2) is 42.5 Å². The highest BCUT2D eigenvalue weighted by atomic mass is 19.4. The number of rotatable bonds is 6. The monoisotopic (exact) mass is 382 g/mol. The number of urea groups is 1. The van der Waals surface area contributed by atoms with Gasteiger partial charge in [0.15, 0.2) is 11.5 Å². The third-order valence-corrected chi connectivity index (χ3v) is 3.99. The third kappa shape index (κ3) is 5.29. The molecule has 27 heavy (non-hydrogen) atoms. The normalized spacial score (nSPS) is 12.2. The van der Waals surface area contributed by atoms with Crippen LogP contribution in [0, 0.1) is 0 Å². The summed E-state index contributed by atoms with van der Waals surface area (Å²) < 4.78 is 48.9. The van der Waals surface area contributed by atoms with Crippen molar-refractivity contribution in [2.45, 2.75) is 25.7 Å². The number of nitrogens with one attached hydrogen (secondary N) is 2. The Morgan fingerprint density at radius 2 is 1.81 bits per heavy atom. The first-order chi connectivity index (χ1) is 12.8. The molecule has 8 heteroatoms. The van der Waals surface area contributed by atoms with Crippen LogP contribution in [0.25, 0.3) is 0 Å². The number of benzene rings is 2. The first-order valence-electron chi connectivity index (χ1n) is 8.17. The summed E-state index contributed by atoms with van der Waals surface area (Å²) >= 11 is 0. The summed E-state index contributed by atoms with van der Waals surface area (Å²) in [5.41, 5.74) is 0.313. The molecule has 0 saturated carbocycles. The van der Waals surface area contributed by atoms with E-state index in [0.29, 0.717) is 22.6 Å². The number of ether oxygens (including phenoxy) is 2. The SMILES string of the molecule is COc1cccc(CNC(=O)NC(C)c2cccc(C(F)(F)F)c2)c1OC. The quantitative estimate of drug-likeness (QED) is 0.784. The Morgan fingerprint density at radius 1 is 1.11 bits per heavy atom. The average molecular weight is 382 g/mol. The summed E-state index contributed by atoms with van der Waals surface area (Å²) in [5, 5.41) is 5.28. The van der Waals surface area contributed by atoms with Crippen LogP contribution in [0.3, 0.4) is 0 Å². The Morgan fingerprint density at radius 3 is 2.44 bits per heavy atom. The molecular formula is C19H21F3N2O3. The van der Waals surface area contributed by atoms with Crippen molar-refractivity contribution in [1.82, 2.24) is 10.6 Å². The van der Waals surface area contributed by atoms with Crippen molar-refractivity contribution in [2.24, 2.45) is 0 Å². The maximum atomic E-state index is 12.8. The van der Waals surface area contributed by atoms with Crippen molar-refractivity contribution >= 4 is 6.03 Å². The smallest absolute Gasteiger partial charge is 0.416 e. The molecule has 2 aromatic carbocycles. The number of halogens is 3. The van der Waals surface area contributed by atoms with Gasteiger partial charge >= 0.3 is 12.2 Å². The number of carbonyl (C=O) groups is 1. The fourth-order valence-corrected chi connectivity index (χ4v) is 2.58. The molecule has 5 nitrogen and oxygen atoms in total. The Hall–Kier alpha value is -2.90. The molecule has 0 aliphatic heterocycles. The van der Waals surface area contributed by atoms with Crippen LogP contribution < -0.4 is 20.1 Å². The second kappa shape index (κ2) is 8.66. The number of amides is 2. The standard InChI is InChI=1S/C19H21F3N2O3/c1-12(13-6-4-8-15(10-13)19(20,21)22)24-18(25)23-11-14-7-5-9-16(26-2)17(14)27-3/h4-10,12H,11H2,1-3H3,(H2,23,24,25). The minimum Gasteiger partial charge on any atom is -0.493 e. The zero-order chi connectivity index (χ0) is 20.0. The topological polar surface area (TPSA) is 59.6 Å².